The van der Waals surface area contributed by atoms with Gasteiger partial charge in [-0.05, 0) is 26.0 Å². The van der Waals surface area contributed by atoms with Crippen LogP contribution in [0.5, 0.6) is 0 Å². The molecule has 0 aliphatic carbocycles. The van der Waals surface area contributed by atoms with Crippen molar-refractivity contribution < 1.29 is 17.5 Å². The standard InChI is InChI=1S/C17H25ClFN3O3S/c1-13-10-22(11-14(2)25-13)26(23,24)21-8-6-20(7-9-21)12-15-16(18)4-3-5-17(15)19/h3-5,13-14H,6-12H2,1-2H3. The smallest absolute Gasteiger partial charge is 0.282 e. The van der Waals surface area contributed by atoms with E-state index in [4.69, 9.17) is 16.3 Å². The Morgan fingerprint density at radius 3 is 2.31 bits per heavy atom. The number of hydrogen-bond acceptors (Lipinski definition) is 4. The summed E-state index contributed by atoms with van der Waals surface area (Å²) < 4.78 is 48.4. The molecule has 9 heteroatoms. The summed E-state index contributed by atoms with van der Waals surface area (Å²) in [5, 5.41) is 0.399. The normalized spacial score (nSPS) is 26.9. The van der Waals surface area contributed by atoms with Crippen LogP contribution in [0.15, 0.2) is 18.2 Å². The molecule has 3 rings (SSSR count). The fourth-order valence-electron chi connectivity index (χ4n) is 3.51. The lowest BCUT2D eigenvalue weighted by Gasteiger charge is -2.40. The topological polar surface area (TPSA) is 53.1 Å². The Labute approximate surface area is 159 Å². The zero-order valence-corrected chi connectivity index (χ0v) is 16.6. The molecule has 2 atom stereocenters. The second-order valence-electron chi connectivity index (χ2n) is 6.96. The van der Waals surface area contributed by atoms with Crippen molar-refractivity contribution in [1.82, 2.24) is 13.5 Å². The van der Waals surface area contributed by atoms with E-state index in [2.05, 4.69) is 0 Å². The number of nitrogens with zero attached hydrogens (tertiary/aromatic N) is 3. The molecule has 2 fully saturated rings. The number of morpholine rings is 1. The Morgan fingerprint density at radius 1 is 1.12 bits per heavy atom. The molecule has 0 radical (unpaired) electrons. The molecule has 0 N–H and O–H groups in total. The number of rotatable bonds is 4. The highest BCUT2D eigenvalue weighted by Crippen LogP contribution is 2.23. The van der Waals surface area contributed by atoms with E-state index in [0.29, 0.717) is 56.4 Å². The summed E-state index contributed by atoms with van der Waals surface area (Å²) in [6.07, 6.45) is -0.226. The van der Waals surface area contributed by atoms with Crippen LogP contribution in [0.1, 0.15) is 19.4 Å². The van der Waals surface area contributed by atoms with Gasteiger partial charge in [-0.2, -0.15) is 17.0 Å². The van der Waals surface area contributed by atoms with Crippen LogP contribution in [0.25, 0.3) is 0 Å². The first-order valence-corrected chi connectivity index (χ1v) is 10.6. The van der Waals surface area contributed by atoms with Gasteiger partial charge in [0.2, 0.25) is 0 Å². The summed E-state index contributed by atoms with van der Waals surface area (Å²) in [6.45, 7) is 6.74. The van der Waals surface area contributed by atoms with Gasteiger partial charge in [-0.25, -0.2) is 4.39 Å². The van der Waals surface area contributed by atoms with Gasteiger partial charge in [-0.1, -0.05) is 17.7 Å². The maximum Gasteiger partial charge on any atom is 0.282 e. The third kappa shape index (κ3) is 4.37. The van der Waals surface area contributed by atoms with Gasteiger partial charge in [-0.3, -0.25) is 4.90 Å². The lowest BCUT2D eigenvalue weighted by molar-refractivity contribution is -0.0457. The Kier molecular flexibility index (Phi) is 6.21. The van der Waals surface area contributed by atoms with Gasteiger partial charge in [0.15, 0.2) is 0 Å². The van der Waals surface area contributed by atoms with E-state index >= 15 is 0 Å². The summed E-state index contributed by atoms with van der Waals surface area (Å²) >= 11 is 6.09. The van der Waals surface area contributed by atoms with Crippen molar-refractivity contribution in [3.05, 3.63) is 34.6 Å². The third-order valence-corrected chi connectivity index (χ3v) is 7.14. The minimum atomic E-state index is -3.50. The maximum absolute atomic E-state index is 14.0. The molecular weight excluding hydrogens is 381 g/mol. The monoisotopic (exact) mass is 405 g/mol. The molecule has 0 bridgehead atoms. The first-order chi connectivity index (χ1) is 12.3. The predicted molar refractivity (Wildman–Crippen MR) is 98.8 cm³/mol. The molecule has 0 aromatic heterocycles. The van der Waals surface area contributed by atoms with Gasteiger partial charge in [0, 0.05) is 56.4 Å². The first kappa shape index (κ1) is 20.0. The van der Waals surface area contributed by atoms with E-state index in [1.165, 1.54) is 14.7 Å². The van der Waals surface area contributed by atoms with Crippen LogP contribution < -0.4 is 0 Å². The number of hydrogen-bond donors (Lipinski definition) is 0. The average molecular weight is 406 g/mol. The van der Waals surface area contributed by atoms with Gasteiger partial charge < -0.3 is 4.74 Å². The largest absolute Gasteiger partial charge is 0.373 e. The molecule has 2 heterocycles. The van der Waals surface area contributed by atoms with E-state index in [1.807, 2.05) is 18.7 Å². The summed E-state index contributed by atoms with van der Waals surface area (Å²) in [5.74, 6) is -0.330. The van der Waals surface area contributed by atoms with Crippen LogP contribution in [-0.4, -0.2) is 73.4 Å². The zero-order chi connectivity index (χ0) is 18.9. The predicted octanol–water partition coefficient (Wildman–Crippen LogP) is 1.95. The molecule has 2 aliphatic heterocycles. The van der Waals surface area contributed by atoms with Crippen molar-refractivity contribution in [2.24, 2.45) is 0 Å². The van der Waals surface area contributed by atoms with E-state index < -0.39 is 10.2 Å². The highest BCUT2D eigenvalue weighted by Gasteiger charge is 2.36. The minimum Gasteiger partial charge on any atom is -0.373 e. The zero-order valence-electron chi connectivity index (χ0n) is 15.1. The van der Waals surface area contributed by atoms with Crippen molar-refractivity contribution in [2.75, 3.05) is 39.3 Å². The Hall–Kier alpha value is -0.770. The SMILES string of the molecule is CC1CN(S(=O)(=O)N2CCN(Cc3c(F)cccc3Cl)CC2)CC(C)O1. The molecule has 0 amide bonds. The Balaban J connectivity index is 1.61. The first-order valence-electron chi connectivity index (χ1n) is 8.83. The molecule has 146 valence electrons. The van der Waals surface area contributed by atoms with Gasteiger partial charge in [0.1, 0.15) is 5.82 Å². The molecule has 1 aromatic rings. The second kappa shape index (κ2) is 8.08. The van der Waals surface area contributed by atoms with Crippen LogP contribution in [0, 0.1) is 5.82 Å². The van der Waals surface area contributed by atoms with Crippen molar-refractivity contribution in [3.63, 3.8) is 0 Å². The van der Waals surface area contributed by atoms with Crippen molar-refractivity contribution in [3.8, 4) is 0 Å². The van der Waals surface area contributed by atoms with Crippen molar-refractivity contribution in [1.29, 1.82) is 0 Å². The summed E-state index contributed by atoms with van der Waals surface area (Å²) in [6, 6.07) is 4.64. The number of ether oxygens (including phenoxy) is 1. The van der Waals surface area contributed by atoms with Gasteiger partial charge >= 0.3 is 0 Å². The number of piperazine rings is 1. The molecule has 2 unspecified atom stereocenters. The summed E-state index contributed by atoms with van der Waals surface area (Å²) in [5.41, 5.74) is 0.460. The fourth-order valence-corrected chi connectivity index (χ4v) is 5.48. The van der Waals surface area contributed by atoms with Crippen LogP contribution in [-0.2, 0) is 21.5 Å². The molecular formula is C17H25ClFN3O3S. The Bertz CT molecular complexity index is 711. The molecule has 1 aromatic carbocycles. The summed E-state index contributed by atoms with van der Waals surface area (Å²) in [7, 11) is -3.50. The lowest BCUT2D eigenvalue weighted by Crippen LogP contribution is -2.57. The van der Waals surface area contributed by atoms with Crippen LogP contribution in [0.2, 0.25) is 5.02 Å². The highest BCUT2D eigenvalue weighted by atomic mass is 35.5. The van der Waals surface area contributed by atoms with E-state index in [0.717, 1.165) is 0 Å². The van der Waals surface area contributed by atoms with Gasteiger partial charge in [-0.15, -0.1) is 0 Å². The second-order valence-corrected chi connectivity index (χ2v) is 9.29. The number of benzene rings is 1. The highest BCUT2D eigenvalue weighted by molar-refractivity contribution is 7.86. The quantitative estimate of drug-likeness (QED) is 0.768. The van der Waals surface area contributed by atoms with Gasteiger partial charge in [0.05, 0.1) is 12.2 Å². The number of halogens is 2. The maximum atomic E-state index is 14.0. The van der Waals surface area contributed by atoms with E-state index in [9.17, 15) is 12.8 Å². The lowest BCUT2D eigenvalue weighted by atomic mass is 10.2. The Morgan fingerprint density at radius 2 is 1.73 bits per heavy atom. The van der Waals surface area contributed by atoms with Crippen LogP contribution in [0.3, 0.4) is 0 Å². The molecule has 2 saturated heterocycles. The van der Waals surface area contributed by atoms with Crippen molar-refractivity contribution >= 4 is 21.8 Å². The molecule has 2 aliphatic rings. The molecule has 26 heavy (non-hydrogen) atoms. The third-order valence-electron chi connectivity index (χ3n) is 4.81. The minimum absolute atomic E-state index is 0.113. The summed E-state index contributed by atoms with van der Waals surface area (Å²) in [4.78, 5) is 2.03. The average Bonchev–Trinajstić information content (AvgIpc) is 2.58. The molecule has 0 spiro atoms. The molecule has 6 nitrogen and oxygen atoms in total. The fraction of sp³-hybridized carbons (Fsp3) is 0.647. The van der Waals surface area contributed by atoms with Crippen molar-refractivity contribution in [2.45, 2.75) is 32.6 Å². The van der Waals surface area contributed by atoms with Gasteiger partial charge in [0.25, 0.3) is 10.2 Å². The van der Waals surface area contributed by atoms with Crippen LogP contribution >= 0.6 is 11.6 Å². The van der Waals surface area contributed by atoms with Crippen LogP contribution in [0.4, 0.5) is 4.39 Å². The van der Waals surface area contributed by atoms with E-state index in [1.54, 1.807) is 12.1 Å². The van der Waals surface area contributed by atoms with E-state index in [-0.39, 0.29) is 18.0 Å². The molecule has 0 saturated carbocycles.